The van der Waals surface area contributed by atoms with Crippen molar-refractivity contribution in [3.8, 4) is 0 Å². The van der Waals surface area contributed by atoms with Gasteiger partial charge in [0.15, 0.2) is 0 Å². The van der Waals surface area contributed by atoms with Crippen molar-refractivity contribution in [1.82, 2.24) is 20.9 Å². The van der Waals surface area contributed by atoms with Gasteiger partial charge in [-0.05, 0) is 49.2 Å². The molecule has 0 radical (unpaired) electrons. The molecule has 186 valence electrons. The predicted molar refractivity (Wildman–Crippen MR) is 131 cm³/mol. The highest BCUT2D eigenvalue weighted by molar-refractivity contribution is 8.76. The van der Waals surface area contributed by atoms with Gasteiger partial charge in [-0.25, -0.2) is 4.98 Å². The number of ether oxygens (including phenoxy) is 2. The van der Waals surface area contributed by atoms with Crippen molar-refractivity contribution in [3.05, 3.63) is 24.4 Å². The number of nitrogens with zero attached hydrogens (tertiary/aromatic N) is 1. The monoisotopic (exact) mass is 501 g/mol. The smallest absolute Gasteiger partial charge is 0.245 e. The number of unbranched alkanes of at least 4 members (excludes halogenated alkanes) is 1. The number of rotatable bonds is 20. The first kappa shape index (κ1) is 29.2. The maximum atomic E-state index is 11.8. The SMILES string of the molecule is CNC(CCCCNC(=O)COCCOCCNC(=O)CCSSc1ccccn1)C(N)=O. The normalized spacial score (nSPS) is 11.7. The van der Waals surface area contributed by atoms with Crippen LogP contribution in [0.25, 0.3) is 0 Å². The lowest BCUT2D eigenvalue weighted by Crippen LogP contribution is -2.39. The van der Waals surface area contributed by atoms with Crippen LogP contribution in [0.1, 0.15) is 25.7 Å². The van der Waals surface area contributed by atoms with Crippen LogP contribution in [0, 0.1) is 0 Å². The summed E-state index contributed by atoms with van der Waals surface area (Å²) in [6.45, 7) is 1.95. The minimum absolute atomic E-state index is 0.0169. The number of nitrogens with two attached hydrogens (primary N) is 1. The number of aromatic nitrogens is 1. The summed E-state index contributed by atoms with van der Waals surface area (Å²) >= 11 is 0. The van der Waals surface area contributed by atoms with Gasteiger partial charge in [0, 0.05) is 31.5 Å². The van der Waals surface area contributed by atoms with Crippen molar-refractivity contribution in [2.24, 2.45) is 5.73 Å². The van der Waals surface area contributed by atoms with E-state index in [9.17, 15) is 14.4 Å². The predicted octanol–water partition coefficient (Wildman–Crippen LogP) is 0.721. The summed E-state index contributed by atoms with van der Waals surface area (Å²) in [5, 5.41) is 9.35. The average molecular weight is 502 g/mol. The Hall–Kier alpha value is -1.86. The Morgan fingerprint density at radius 1 is 1.06 bits per heavy atom. The van der Waals surface area contributed by atoms with Gasteiger partial charge in [-0.3, -0.25) is 14.4 Å². The zero-order valence-electron chi connectivity index (χ0n) is 19.0. The lowest BCUT2D eigenvalue weighted by Gasteiger charge is -2.12. The van der Waals surface area contributed by atoms with Crippen LogP contribution >= 0.6 is 21.6 Å². The highest BCUT2D eigenvalue weighted by atomic mass is 33.1. The third-order valence-electron chi connectivity index (χ3n) is 4.30. The van der Waals surface area contributed by atoms with Gasteiger partial charge in [-0.2, -0.15) is 0 Å². The lowest BCUT2D eigenvalue weighted by atomic mass is 10.1. The van der Waals surface area contributed by atoms with Gasteiger partial charge < -0.3 is 31.2 Å². The highest BCUT2D eigenvalue weighted by Gasteiger charge is 2.11. The topological polar surface area (TPSA) is 145 Å². The van der Waals surface area contributed by atoms with E-state index in [1.54, 1.807) is 34.8 Å². The van der Waals surface area contributed by atoms with Crippen LogP contribution in [-0.2, 0) is 23.9 Å². The molecule has 1 heterocycles. The van der Waals surface area contributed by atoms with Crippen LogP contribution in [0.4, 0.5) is 0 Å². The molecular weight excluding hydrogens is 466 g/mol. The molecule has 0 fully saturated rings. The molecule has 3 amide bonds. The second-order valence-electron chi connectivity index (χ2n) is 6.93. The van der Waals surface area contributed by atoms with Gasteiger partial charge in [-0.1, -0.05) is 16.9 Å². The van der Waals surface area contributed by atoms with Gasteiger partial charge in [0.05, 0.1) is 25.9 Å². The average Bonchev–Trinajstić information content (AvgIpc) is 2.81. The van der Waals surface area contributed by atoms with Gasteiger partial charge in [0.2, 0.25) is 17.7 Å². The van der Waals surface area contributed by atoms with Crippen molar-refractivity contribution in [1.29, 1.82) is 0 Å². The molecule has 0 bridgehead atoms. The fraction of sp³-hybridized carbons (Fsp3) is 0.619. The Kier molecular flexibility index (Phi) is 17.3. The van der Waals surface area contributed by atoms with E-state index in [-0.39, 0.29) is 30.4 Å². The van der Waals surface area contributed by atoms with Crippen LogP contribution in [0.3, 0.4) is 0 Å². The molecule has 0 aliphatic carbocycles. The van der Waals surface area contributed by atoms with Crippen LogP contribution in [-0.4, -0.2) is 81.1 Å². The van der Waals surface area contributed by atoms with Crippen LogP contribution in [0.2, 0.25) is 0 Å². The summed E-state index contributed by atoms with van der Waals surface area (Å²) in [4.78, 5) is 38.8. The van der Waals surface area contributed by atoms with E-state index in [1.165, 1.54) is 0 Å². The Bertz CT molecular complexity index is 684. The number of primary amides is 1. The third-order valence-corrected chi connectivity index (χ3v) is 6.57. The number of carbonyl (C=O) groups is 3. The lowest BCUT2D eigenvalue weighted by molar-refractivity contribution is -0.126. The molecule has 1 unspecified atom stereocenters. The molecule has 1 aromatic rings. The molecule has 1 atom stereocenters. The van der Waals surface area contributed by atoms with E-state index in [0.29, 0.717) is 51.5 Å². The summed E-state index contributed by atoms with van der Waals surface area (Å²) in [5.74, 6) is 0.122. The van der Waals surface area contributed by atoms with E-state index >= 15 is 0 Å². The fourth-order valence-electron chi connectivity index (χ4n) is 2.55. The highest BCUT2D eigenvalue weighted by Crippen LogP contribution is 2.29. The van der Waals surface area contributed by atoms with Gasteiger partial charge in [-0.15, -0.1) is 0 Å². The molecule has 0 aliphatic heterocycles. The van der Waals surface area contributed by atoms with Gasteiger partial charge in [0.1, 0.15) is 11.6 Å². The zero-order chi connectivity index (χ0) is 24.2. The van der Waals surface area contributed by atoms with Crippen molar-refractivity contribution in [2.75, 3.05) is 52.3 Å². The first-order chi connectivity index (χ1) is 16.0. The molecule has 1 rings (SSSR count). The van der Waals surface area contributed by atoms with Crippen molar-refractivity contribution < 1.29 is 23.9 Å². The molecule has 10 nitrogen and oxygen atoms in total. The molecule has 0 saturated carbocycles. The standard InChI is InChI=1S/C21H35N5O5S2/c1-23-17(21(22)29)6-2-4-9-24-19(28)16-31-14-13-30-12-11-25-18(27)8-15-32-33-20-7-3-5-10-26-20/h3,5,7,10,17,23H,2,4,6,8-9,11-16H2,1H3,(H2,22,29)(H,24,28)(H,25,27). The second kappa shape index (κ2) is 19.6. The zero-order valence-corrected chi connectivity index (χ0v) is 20.7. The summed E-state index contributed by atoms with van der Waals surface area (Å²) in [6.07, 6.45) is 4.36. The van der Waals surface area contributed by atoms with Gasteiger partial charge in [0.25, 0.3) is 0 Å². The number of nitrogens with one attached hydrogen (secondary N) is 3. The number of hydrogen-bond acceptors (Lipinski definition) is 9. The van der Waals surface area contributed by atoms with Crippen molar-refractivity contribution in [2.45, 2.75) is 36.8 Å². The molecule has 33 heavy (non-hydrogen) atoms. The molecular formula is C21H35N5O5S2. The third kappa shape index (κ3) is 16.4. The first-order valence-electron chi connectivity index (χ1n) is 10.9. The van der Waals surface area contributed by atoms with E-state index in [1.807, 2.05) is 18.2 Å². The molecule has 0 aromatic carbocycles. The summed E-state index contributed by atoms with van der Waals surface area (Å²) in [7, 11) is 4.84. The Labute approximate surface area is 203 Å². The summed E-state index contributed by atoms with van der Waals surface area (Å²) in [6, 6.07) is 5.40. The van der Waals surface area contributed by atoms with E-state index < -0.39 is 0 Å². The fourth-order valence-corrected chi connectivity index (χ4v) is 4.42. The molecule has 1 aromatic heterocycles. The van der Waals surface area contributed by atoms with Crippen molar-refractivity contribution >= 4 is 39.3 Å². The Morgan fingerprint density at radius 3 is 2.58 bits per heavy atom. The molecule has 12 heteroatoms. The van der Waals surface area contributed by atoms with Gasteiger partial charge >= 0.3 is 0 Å². The molecule has 5 N–H and O–H groups in total. The Morgan fingerprint density at radius 2 is 1.85 bits per heavy atom. The molecule has 0 saturated heterocycles. The van der Waals surface area contributed by atoms with Crippen LogP contribution in [0.5, 0.6) is 0 Å². The quantitative estimate of drug-likeness (QED) is 0.150. The number of carbonyl (C=O) groups excluding carboxylic acids is 3. The largest absolute Gasteiger partial charge is 0.377 e. The first-order valence-corrected chi connectivity index (χ1v) is 13.2. The minimum atomic E-state index is -0.370. The summed E-state index contributed by atoms with van der Waals surface area (Å²) < 4.78 is 10.6. The minimum Gasteiger partial charge on any atom is -0.377 e. The van der Waals surface area contributed by atoms with Crippen LogP contribution < -0.4 is 21.7 Å². The van der Waals surface area contributed by atoms with E-state index in [2.05, 4.69) is 20.9 Å². The van der Waals surface area contributed by atoms with E-state index in [0.717, 1.165) is 17.9 Å². The van der Waals surface area contributed by atoms with Crippen molar-refractivity contribution in [3.63, 3.8) is 0 Å². The van der Waals surface area contributed by atoms with Crippen LogP contribution in [0.15, 0.2) is 29.4 Å². The van der Waals surface area contributed by atoms with E-state index in [4.69, 9.17) is 15.2 Å². The molecule has 0 aliphatic rings. The number of hydrogen-bond donors (Lipinski definition) is 4. The number of likely N-dealkylation sites (N-methyl/N-ethyl adjacent to an activating group) is 1. The number of pyridine rings is 1. The Balaban J connectivity index is 1.85. The maximum absolute atomic E-state index is 11.8. The molecule has 0 spiro atoms. The number of amides is 3. The maximum Gasteiger partial charge on any atom is 0.245 e. The summed E-state index contributed by atoms with van der Waals surface area (Å²) in [5.41, 5.74) is 5.25. The second-order valence-corrected chi connectivity index (χ2v) is 9.36.